The Morgan fingerprint density at radius 3 is 2.62 bits per heavy atom. The molecule has 0 saturated heterocycles. The first-order chi connectivity index (χ1) is 14.1. The molecule has 0 atom stereocenters. The van der Waals surface area contributed by atoms with Crippen molar-refractivity contribution in [3.8, 4) is 22.6 Å². The number of aryl methyl sites for hydroxylation is 1. The maximum atomic E-state index is 13.3. The Morgan fingerprint density at radius 1 is 1.03 bits per heavy atom. The van der Waals surface area contributed by atoms with E-state index in [0.29, 0.717) is 10.8 Å². The molecule has 3 aromatic carbocycles. The van der Waals surface area contributed by atoms with E-state index in [1.54, 1.807) is 0 Å². The fraction of sp³-hybridized carbons (Fsp3) is 0.208. The molecule has 5 rings (SSSR count). The lowest BCUT2D eigenvalue weighted by molar-refractivity contribution is -0.118. The van der Waals surface area contributed by atoms with Gasteiger partial charge in [0.15, 0.2) is 11.5 Å². The number of rotatable bonds is 4. The molecule has 1 amide bonds. The number of anilines is 1. The Kier molecular flexibility index (Phi) is 4.25. The molecule has 1 fully saturated rings. The van der Waals surface area contributed by atoms with Gasteiger partial charge >= 0.3 is 0 Å². The largest absolute Gasteiger partial charge is 0.454 e. The highest BCUT2D eigenvalue weighted by atomic mass is 35.5. The third-order valence-corrected chi connectivity index (χ3v) is 6.11. The number of ether oxygens (including phenoxy) is 2. The predicted molar refractivity (Wildman–Crippen MR) is 116 cm³/mol. The van der Waals surface area contributed by atoms with E-state index in [9.17, 15) is 4.79 Å². The zero-order valence-electron chi connectivity index (χ0n) is 16.0. The molecule has 5 heteroatoms. The van der Waals surface area contributed by atoms with Gasteiger partial charge in [-0.3, -0.25) is 4.79 Å². The third-order valence-electron chi connectivity index (χ3n) is 5.78. The van der Waals surface area contributed by atoms with Crippen molar-refractivity contribution in [2.24, 2.45) is 0 Å². The minimum Gasteiger partial charge on any atom is -0.454 e. The molecule has 29 heavy (non-hydrogen) atoms. The zero-order valence-corrected chi connectivity index (χ0v) is 16.8. The first kappa shape index (κ1) is 18.1. The Hall–Kier alpha value is -2.98. The first-order valence-electron chi connectivity index (χ1n) is 9.64. The maximum absolute atomic E-state index is 13.3. The van der Waals surface area contributed by atoms with Gasteiger partial charge in [-0.15, -0.1) is 0 Å². The number of hydrogen-bond acceptors (Lipinski definition) is 3. The van der Waals surface area contributed by atoms with Crippen LogP contribution in [0.3, 0.4) is 0 Å². The quantitative estimate of drug-likeness (QED) is 0.580. The molecule has 1 aliphatic heterocycles. The van der Waals surface area contributed by atoms with Gasteiger partial charge in [-0.05, 0) is 60.7 Å². The number of amides is 1. The average molecular weight is 408 g/mol. The molecule has 2 aliphatic rings. The van der Waals surface area contributed by atoms with Crippen LogP contribution in [0.5, 0.6) is 11.5 Å². The van der Waals surface area contributed by atoms with Crippen molar-refractivity contribution < 1.29 is 15.7 Å². The van der Waals surface area contributed by atoms with Gasteiger partial charge in [-0.2, -0.15) is 0 Å². The van der Waals surface area contributed by atoms with Gasteiger partial charge in [0.05, 0.1) is 5.41 Å². The third kappa shape index (κ3) is 3.14. The van der Waals surface area contributed by atoms with Gasteiger partial charge in [0, 0.05) is 17.7 Å². The second-order valence-electron chi connectivity index (χ2n) is 7.61. The molecule has 0 spiro atoms. The molecule has 4 nitrogen and oxygen atoms in total. The Labute approximate surface area is 175 Å². The molecule has 0 aromatic heterocycles. The van der Waals surface area contributed by atoms with Crippen LogP contribution >= 0.6 is 11.6 Å². The van der Waals surface area contributed by atoms with Gasteiger partial charge in [0.2, 0.25) is 12.7 Å². The van der Waals surface area contributed by atoms with Gasteiger partial charge in [0.1, 0.15) is 0 Å². The summed E-state index contributed by atoms with van der Waals surface area (Å²) in [6, 6.07) is 19.5. The van der Waals surface area contributed by atoms with Crippen LogP contribution < -0.4 is 14.8 Å². The van der Waals surface area contributed by atoms with E-state index >= 15 is 0 Å². The van der Waals surface area contributed by atoms with Crippen LogP contribution in [0.4, 0.5) is 5.69 Å². The fourth-order valence-corrected chi connectivity index (χ4v) is 4.07. The van der Waals surface area contributed by atoms with Crippen LogP contribution in [0.2, 0.25) is 5.02 Å². The van der Waals surface area contributed by atoms with E-state index in [-0.39, 0.29) is 14.1 Å². The SMILES string of the molecule is Cc1ccc(-c2ccccc2Cl)cc1NC(=O)C1(c2ccc3c(c2)OCO3)CC1.[HH]. The Bertz CT molecular complexity index is 1130. The summed E-state index contributed by atoms with van der Waals surface area (Å²) in [5, 5.41) is 3.84. The second kappa shape index (κ2) is 6.82. The number of nitrogens with one attached hydrogen (secondary N) is 1. The van der Waals surface area contributed by atoms with Crippen molar-refractivity contribution >= 4 is 23.2 Å². The molecule has 3 aromatic rings. The molecular formula is C24H22ClNO3. The number of halogens is 1. The van der Waals surface area contributed by atoms with Crippen LogP contribution in [0, 0.1) is 6.92 Å². The summed E-state index contributed by atoms with van der Waals surface area (Å²) in [6.07, 6.45) is 1.64. The molecule has 0 radical (unpaired) electrons. The molecule has 1 aliphatic carbocycles. The van der Waals surface area contributed by atoms with Crippen LogP contribution in [-0.2, 0) is 10.2 Å². The zero-order chi connectivity index (χ0) is 20.0. The highest BCUT2D eigenvalue weighted by Crippen LogP contribution is 2.51. The summed E-state index contributed by atoms with van der Waals surface area (Å²) in [6.45, 7) is 2.22. The van der Waals surface area contributed by atoms with Crippen LogP contribution in [0.1, 0.15) is 25.4 Å². The molecular weight excluding hydrogens is 386 g/mol. The highest BCUT2D eigenvalue weighted by Gasteiger charge is 2.51. The summed E-state index contributed by atoms with van der Waals surface area (Å²) in [7, 11) is 0. The number of hydrogen-bond donors (Lipinski definition) is 1. The van der Waals surface area contributed by atoms with E-state index in [1.807, 2.05) is 67.6 Å². The predicted octanol–water partition coefficient (Wildman–Crippen LogP) is 5.96. The van der Waals surface area contributed by atoms with Gasteiger partial charge in [-0.1, -0.05) is 48.0 Å². The minimum atomic E-state index is -0.506. The number of carbonyl (C=O) groups is 1. The average Bonchev–Trinajstić information content (AvgIpc) is 3.41. The van der Waals surface area contributed by atoms with Crippen LogP contribution in [0.25, 0.3) is 11.1 Å². The number of benzene rings is 3. The number of carbonyl (C=O) groups excluding carboxylic acids is 1. The molecule has 1 N–H and O–H groups in total. The molecule has 0 bridgehead atoms. The van der Waals surface area contributed by atoms with Crippen LogP contribution in [0.15, 0.2) is 60.7 Å². The minimum absolute atomic E-state index is 0. The Morgan fingerprint density at radius 2 is 1.83 bits per heavy atom. The van der Waals surface area contributed by atoms with Crippen LogP contribution in [-0.4, -0.2) is 12.7 Å². The lowest BCUT2D eigenvalue weighted by atomic mass is 9.94. The summed E-state index contributed by atoms with van der Waals surface area (Å²) < 4.78 is 10.9. The lowest BCUT2D eigenvalue weighted by Crippen LogP contribution is -2.28. The smallest absolute Gasteiger partial charge is 0.235 e. The van der Waals surface area contributed by atoms with E-state index < -0.39 is 5.41 Å². The van der Waals surface area contributed by atoms with Gasteiger partial charge < -0.3 is 14.8 Å². The molecule has 1 saturated carbocycles. The van der Waals surface area contributed by atoms with Gasteiger partial charge in [-0.25, -0.2) is 0 Å². The summed E-state index contributed by atoms with van der Waals surface area (Å²) in [5.41, 5.74) is 4.20. The molecule has 148 valence electrons. The topological polar surface area (TPSA) is 47.6 Å². The van der Waals surface area contributed by atoms with Crippen molar-refractivity contribution in [2.45, 2.75) is 25.2 Å². The van der Waals surface area contributed by atoms with Gasteiger partial charge in [0.25, 0.3) is 0 Å². The molecule has 0 unspecified atom stereocenters. The highest BCUT2D eigenvalue weighted by molar-refractivity contribution is 6.33. The Balaban J connectivity index is 0.00000218. The normalized spacial score (nSPS) is 15.8. The van der Waals surface area contributed by atoms with E-state index in [4.69, 9.17) is 21.1 Å². The summed E-state index contributed by atoms with van der Waals surface area (Å²) >= 11 is 6.36. The standard InChI is InChI=1S/C24H20ClNO3.H2/c1-15-6-7-16(18-4-2-3-5-19(18)25)12-20(15)26-23(27)24(10-11-24)17-8-9-21-22(13-17)29-14-28-21;/h2-9,12-13H,10-11,14H2,1H3,(H,26,27);1H. The summed E-state index contributed by atoms with van der Waals surface area (Å²) in [5.74, 6) is 1.45. The first-order valence-corrected chi connectivity index (χ1v) is 10.0. The van der Waals surface area contributed by atoms with E-state index in [1.165, 1.54) is 0 Å². The lowest BCUT2D eigenvalue weighted by Gasteiger charge is -2.18. The van der Waals surface area contributed by atoms with E-state index in [0.717, 1.165) is 46.5 Å². The maximum Gasteiger partial charge on any atom is 0.235 e. The van der Waals surface area contributed by atoms with Crippen molar-refractivity contribution in [3.63, 3.8) is 0 Å². The van der Waals surface area contributed by atoms with E-state index in [2.05, 4.69) is 5.32 Å². The van der Waals surface area contributed by atoms with Crippen molar-refractivity contribution in [2.75, 3.05) is 12.1 Å². The molecule has 1 heterocycles. The fourth-order valence-electron chi connectivity index (χ4n) is 3.83. The van der Waals surface area contributed by atoms with Crippen molar-refractivity contribution in [1.82, 2.24) is 0 Å². The monoisotopic (exact) mass is 407 g/mol. The second-order valence-corrected chi connectivity index (χ2v) is 8.02. The van der Waals surface area contributed by atoms with Crippen molar-refractivity contribution in [3.05, 3.63) is 76.8 Å². The summed E-state index contributed by atoms with van der Waals surface area (Å²) in [4.78, 5) is 13.3. The number of fused-ring (bicyclic) bond motifs is 1. The van der Waals surface area contributed by atoms with Crippen molar-refractivity contribution in [1.29, 1.82) is 0 Å².